The molecule has 0 fully saturated rings. The molecule has 1 aromatic heterocycles. The predicted molar refractivity (Wildman–Crippen MR) is 102 cm³/mol. The van der Waals surface area contributed by atoms with E-state index in [0.29, 0.717) is 17.5 Å². The van der Waals surface area contributed by atoms with Crippen molar-refractivity contribution in [2.75, 3.05) is 33.5 Å². The molecule has 0 saturated carbocycles. The Balaban J connectivity index is 2.87. The van der Waals surface area contributed by atoms with Crippen molar-refractivity contribution in [1.29, 1.82) is 0 Å². The summed E-state index contributed by atoms with van der Waals surface area (Å²) in [6.07, 6.45) is 3.21. The van der Waals surface area contributed by atoms with Crippen LogP contribution in [0.2, 0.25) is 0 Å². The quantitative estimate of drug-likeness (QED) is 0.435. The molecule has 0 bridgehead atoms. The first-order valence-electron chi connectivity index (χ1n) is 8.39. The van der Waals surface area contributed by atoms with Crippen molar-refractivity contribution in [3.63, 3.8) is 0 Å². The zero-order chi connectivity index (χ0) is 19.2. The Morgan fingerprint density at radius 1 is 1.44 bits per heavy atom. The number of hydrogen-bond acceptors (Lipinski definition) is 5. The summed E-state index contributed by atoms with van der Waals surface area (Å²) >= 11 is 0. The topological polar surface area (TPSA) is 76.8 Å². The molecule has 25 heavy (non-hydrogen) atoms. The second-order valence-corrected chi connectivity index (χ2v) is 8.08. The highest BCUT2D eigenvalue weighted by atomic mass is 32.2. The number of nitrogens with zero attached hydrogens (tertiary/aromatic N) is 4. The molecular weight excluding hydrogens is 340 g/mol. The van der Waals surface area contributed by atoms with Crippen LogP contribution in [0.15, 0.2) is 11.1 Å². The monoisotopic (exact) mass is 370 g/mol. The number of hydrogen-bond donors (Lipinski definition) is 0. The number of amidine groups is 1. The third kappa shape index (κ3) is 5.95. The SMILES string of the molecule is CCOC(=O)c1cc(CCCN(C)C(=NC)S(C)=O)n(C(C)(C)C)n1. The van der Waals surface area contributed by atoms with Gasteiger partial charge in [0.25, 0.3) is 0 Å². The largest absolute Gasteiger partial charge is 0.461 e. The molecule has 1 unspecified atom stereocenters. The lowest BCUT2D eigenvalue weighted by Gasteiger charge is -2.23. The highest BCUT2D eigenvalue weighted by Crippen LogP contribution is 2.19. The van der Waals surface area contributed by atoms with Crippen molar-refractivity contribution in [2.24, 2.45) is 4.99 Å². The average molecular weight is 371 g/mol. The van der Waals surface area contributed by atoms with Gasteiger partial charge in [-0.2, -0.15) is 5.10 Å². The summed E-state index contributed by atoms with van der Waals surface area (Å²) in [4.78, 5) is 18.0. The fraction of sp³-hybridized carbons (Fsp3) is 0.706. The van der Waals surface area contributed by atoms with Crippen molar-refractivity contribution < 1.29 is 13.7 Å². The van der Waals surface area contributed by atoms with E-state index in [-0.39, 0.29) is 5.54 Å². The van der Waals surface area contributed by atoms with E-state index >= 15 is 0 Å². The summed E-state index contributed by atoms with van der Waals surface area (Å²) in [5, 5.41) is 5.01. The van der Waals surface area contributed by atoms with Crippen molar-refractivity contribution in [3.8, 4) is 0 Å². The third-order valence-electron chi connectivity index (χ3n) is 3.60. The van der Waals surface area contributed by atoms with E-state index in [4.69, 9.17) is 4.74 Å². The minimum atomic E-state index is -1.11. The van der Waals surface area contributed by atoms with Gasteiger partial charge in [-0.05, 0) is 46.6 Å². The van der Waals surface area contributed by atoms with E-state index < -0.39 is 16.8 Å². The number of aromatic nitrogens is 2. The predicted octanol–water partition coefficient (Wildman–Crippen LogP) is 2.04. The van der Waals surface area contributed by atoms with E-state index in [9.17, 15) is 9.00 Å². The zero-order valence-corrected chi connectivity index (χ0v) is 17.1. The number of carbonyl (C=O) groups excluding carboxylic acids is 1. The van der Waals surface area contributed by atoms with Gasteiger partial charge in [-0.15, -0.1) is 0 Å². The maximum absolute atomic E-state index is 12.0. The number of esters is 1. The molecular formula is C17H30N4O3S. The Morgan fingerprint density at radius 2 is 2.08 bits per heavy atom. The molecule has 0 aliphatic carbocycles. The van der Waals surface area contributed by atoms with Gasteiger partial charge in [-0.25, -0.2) is 4.79 Å². The average Bonchev–Trinajstić information content (AvgIpc) is 2.92. The minimum Gasteiger partial charge on any atom is -0.461 e. The Hall–Kier alpha value is -1.70. The van der Waals surface area contributed by atoms with Gasteiger partial charge < -0.3 is 9.64 Å². The Morgan fingerprint density at radius 3 is 2.56 bits per heavy atom. The Labute approximate surface area is 152 Å². The first-order chi connectivity index (χ1) is 11.6. The molecule has 1 heterocycles. The van der Waals surface area contributed by atoms with E-state index in [2.05, 4.69) is 10.1 Å². The fourth-order valence-electron chi connectivity index (χ4n) is 2.60. The number of carbonyl (C=O) groups is 1. The van der Waals surface area contributed by atoms with Gasteiger partial charge in [0.2, 0.25) is 0 Å². The molecule has 1 aromatic rings. The summed E-state index contributed by atoms with van der Waals surface area (Å²) in [7, 11) is 2.42. The third-order valence-corrected chi connectivity index (χ3v) is 4.61. The summed E-state index contributed by atoms with van der Waals surface area (Å²) in [6, 6.07) is 1.80. The smallest absolute Gasteiger partial charge is 0.358 e. The Bertz CT molecular complexity index is 647. The highest BCUT2D eigenvalue weighted by molar-refractivity contribution is 7.99. The lowest BCUT2D eigenvalue weighted by Crippen LogP contribution is -2.31. The molecule has 0 saturated heterocycles. The summed E-state index contributed by atoms with van der Waals surface area (Å²) in [5.41, 5.74) is 1.09. The van der Waals surface area contributed by atoms with Crippen molar-refractivity contribution in [1.82, 2.24) is 14.7 Å². The number of rotatable bonds is 6. The van der Waals surface area contributed by atoms with E-state index in [1.165, 1.54) is 0 Å². The molecule has 0 aliphatic rings. The molecule has 1 rings (SSSR count). The van der Waals surface area contributed by atoms with Crippen LogP contribution in [0, 0.1) is 0 Å². The lowest BCUT2D eigenvalue weighted by atomic mass is 10.1. The van der Waals surface area contributed by atoms with Crippen LogP contribution in [-0.2, 0) is 27.5 Å². The van der Waals surface area contributed by atoms with Crippen molar-refractivity contribution in [3.05, 3.63) is 17.5 Å². The van der Waals surface area contributed by atoms with Crippen LogP contribution < -0.4 is 0 Å². The van der Waals surface area contributed by atoms with Gasteiger partial charge >= 0.3 is 5.97 Å². The first kappa shape index (κ1) is 21.3. The minimum absolute atomic E-state index is 0.229. The molecule has 8 heteroatoms. The van der Waals surface area contributed by atoms with Crippen LogP contribution in [0.25, 0.3) is 0 Å². The number of aryl methyl sites for hydroxylation is 1. The lowest BCUT2D eigenvalue weighted by molar-refractivity contribution is 0.0517. The van der Waals surface area contributed by atoms with Gasteiger partial charge in [0, 0.05) is 32.6 Å². The van der Waals surface area contributed by atoms with Crippen LogP contribution in [0.5, 0.6) is 0 Å². The van der Waals surface area contributed by atoms with Crippen LogP contribution in [0.4, 0.5) is 0 Å². The molecule has 0 radical (unpaired) electrons. The van der Waals surface area contributed by atoms with Crippen molar-refractivity contribution in [2.45, 2.75) is 46.1 Å². The molecule has 0 N–H and O–H groups in total. The van der Waals surface area contributed by atoms with Crippen LogP contribution in [-0.4, -0.2) is 63.5 Å². The van der Waals surface area contributed by atoms with Crippen LogP contribution in [0.1, 0.15) is 50.3 Å². The van der Waals surface area contributed by atoms with Crippen molar-refractivity contribution >= 4 is 21.9 Å². The van der Waals surface area contributed by atoms with Gasteiger partial charge in [-0.3, -0.25) is 13.9 Å². The maximum Gasteiger partial charge on any atom is 0.358 e. The molecule has 0 amide bonds. The van der Waals surface area contributed by atoms with Crippen LogP contribution in [0.3, 0.4) is 0 Å². The molecule has 7 nitrogen and oxygen atoms in total. The van der Waals surface area contributed by atoms with Gasteiger partial charge in [0.05, 0.1) is 22.9 Å². The molecule has 0 spiro atoms. The Kier molecular flexibility index (Phi) is 7.79. The van der Waals surface area contributed by atoms with Gasteiger partial charge in [-0.1, -0.05) is 0 Å². The van der Waals surface area contributed by atoms with E-state index in [0.717, 1.165) is 25.1 Å². The maximum atomic E-state index is 12.0. The second kappa shape index (κ2) is 9.12. The van der Waals surface area contributed by atoms with E-state index in [1.54, 1.807) is 26.3 Å². The zero-order valence-electron chi connectivity index (χ0n) is 16.3. The number of ether oxygens (including phenoxy) is 1. The van der Waals surface area contributed by atoms with E-state index in [1.807, 2.05) is 37.4 Å². The van der Waals surface area contributed by atoms with Crippen LogP contribution >= 0.6 is 0 Å². The molecule has 1 atom stereocenters. The summed E-state index contributed by atoms with van der Waals surface area (Å²) in [5.74, 6) is -0.398. The normalized spacial score (nSPS) is 13.6. The van der Waals surface area contributed by atoms with Gasteiger partial charge in [0.15, 0.2) is 10.9 Å². The first-order valence-corrected chi connectivity index (χ1v) is 9.95. The van der Waals surface area contributed by atoms with Gasteiger partial charge in [0.1, 0.15) is 0 Å². The second-order valence-electron chi connectivity index (χ2n) is 6.81. The standard InChI is InChI=1S/C17H30N4O3S/c1-8-24-15(22)14-12-13(21(19-14)17(2,3)4)10-9-11-20(6)16(18-5)25(7)23/h12H,8-11H2,1-7H3. The molecule has 0 aromatic carbocycles. The number of aliphatic imine (C=N–C) groups is 1. The summed E-state index contributed by atoms with van der Waals surface area (Å²) in [6.45, 7) is 8.97. The molecule has 142 valence electrons. The molecule has 0 aliphatic heterocycles. The summed E-state index contributed by atoms with van der Waals surface area (Å²) < 4.78 is 18.6. The highest BCUT2D eigenvalue weighted by Gasteiger charge is 2.22. The fourth-order valence-corrected chi connectivity index (χ4v) is 3.38.